The van der Waals surface area contributed by atoms with E-state index in [4.69, 9.17) is 4.74 Å². The first-order valence-electron chi connectivity index (χ1n) is 9.29. The summed E-state index contributed by atoms with van der Waals surface area (Å²) in [4.78, 5) is 0. The van der Waals surface area contributed by atoms with Gasteiger partial charge in [0.05, 0.1) is 6.61 Å². The first-order chi connectivity index (χ1) is 11.2. The lowest BCUT2D eigenvalue weighted by Gasteiger charge is -2.34. The number of allylic oxidation sites excluding steroid dienone is 2. The summed E-state index contributed by atoms with van der Waals surface area (Å²) in [5.74, 6) is 2.81. The minimum atomic E-state index is -0.242. The SMILES string of the molecule is CCOc1ccc(C2=CCC(C3CCC(C)CC3)CC2)cc1F. The molecule has 2 aliphatic carbocycles. The molecule has 0 spiro atoms. The Hall–Kier alpha value is -1.31. The maximum Gasteiger partial charge on any atom is 0.165 e. The third-order valence-corrected chi connectivity index (χ3v) is 5.78. The average Bonchev–Trinajstić information content (AvgIpc) is 2.58. The van der Waals surface area contributed by atoms with Gasteiger partial charge in [-0.1, -0.05) is 31.9 Å². The van der Waals surface area contributed by atoms with Gasteiger partial charge in [0.1, 0.15) is 0 Å². The summed E-state index contributed by atoms with van der Waals surface area (Å²) in [5.41, 5.74) is 2.34. The molecule has 126 valence electrons. The Morgan fingerprint density at radius 1 is 1.09 bits per heavy atom. The molecule has 3 rings (SSSR count). The van der Waals surface area contributed by atoms with Gasteiger partial charge in [0, 0.05) is 0 Å². The largest absolute Gasteiger partial charge is 0.491 e. The van der Waals surface area contributed by atoms with E-state index in [1.54, 1.807) is 12.1 Å². The van der Waals surface area contributed by atoms with Gasteiger partial charge in [0.25, 0.3) is 0 Å². The van der Waals surface area contributed by atoms with E-state index < -0.39 is 0 Å². The van der Waals surface area contributed by atoms with Crippen LogP contribution in [-0.2, 0) is 0 Å². The molecule has 0 aliphatic heterocycles. The van der Waals surface area contributed by atoms with Gasteiger partial charge in [-0.05, 0) is 80.1 Å². The molecule has 1 atom stereocenters. The van der Waals surface area contributed by atoms with Crippen LogP contribution in [0.3, 0.4) is 0 Å². The standard InChI is InChI=1S/C21H29FO/c1-3-23-21-13-12-19(14-20(21)22)18-10-8-17(9-11-18)16-6-4-15(2)5-7-16/h10,12-17H,3-9,11H2,1-2H3. The van der Waals surface area contributed by atoms with Gasteiger partial charge in [-0.3, -0.25) is 0 Å². The van der Waals surface area contributed by atoms with Crippen LogP contribution in [0.15, 0.2) is 24.3 Å². The molecule has 2 heteroatoms. The molecule has 0 radical (unpaired) electrons. The van der Waals surface area contributed by atoms with Gasteiger partial charge in [-0.15, -0.1) is 0 Å². The zero-order chi connectivity index (χ0) is 16.2. The van der Waals surface area contributed by atoms with E-state index in [2.05, 4.69) is 13.0 Å². The molecule has 1 unspecified atom stereocenters. The number of halogens is 1. The van der Waals surface area contributed by atoms with Gasteiger partial charge in [0.15, 0.2) is 11.6 Å². The Morgan fingerprint density at radius 2 is 1.87 bits per heavy atom. The highest BCUT2D eigenvalue weighted by molar-refractivity contribution is 5.67. The molecule has 0 bridgehead atoms. The van der Waals surface area contributed by atoms with Crippen LogP contribution in [-0.4, -0.2) is 6.61 Å². The molecule has 1 aromatic carbocycles. The van der Waals surface area contributed by atoms with E-state index in [-0.39, 0.29) is 5.82 Å². The minimum Gasteiger partial charge on any atom is -0.491 e. The monoisotopic (exact) mass is 316 g/mol. The molecular weight excluding hydrogens is 287 g/mol. The maximum absolute atomic E-state index is 14.0. The zero-order valence-electron chi connectivity index (χ0n) is 14.5. The number of benzene rings is 1. The topological polar surface area (TPSA) is 9.23 Å². The Balaban J connectivity index is 1.63. The third-order valence-electron chi connectivity index (χ3n) is 5.78. The van der Waals surface area contributed by atoms with Crippen molar-refractivity contribution in [2.75, 3.05) is 6.61 Å². The Labute approximate surface area is 139 Å². The molecule has 23 heavy (non-hydrogen) atoms. The molecule has 1 fully saturated rings. The van der Waals surface area contributed by atoms with Crippen molar-refractivity contribution in [1.82, 2.24) is 0 Å². The predicted molar refractivity (Wildman–Crippen MR) is 94.0 cm³/mol. The van der Waals surface area contributed by atoms with Crippen LogP contribution in [0.1, 0.15) is 64.4 Å². The van der Waals surface area contributed by atoms with E-state index in [1.807, 2.05) is 13.0 Å². The lowest BCUT2D eigenvalue weighted by molar-refractivity contribution is 0.202. The summed E-state index contributed by atoms with van der Waals surface area (Å²) in [6.07, 6.45) is 11.5. The molecular formula is C21H29FO. The fourth-order valence-corrected chi connectivity index (χ4v) is 4.28. The fraction of sp³-hybridized carbons (Fsp3) is 0.619. The summed E-state index contributed by atoms with van der Waals surface area (Å²) in [7, 11) is 0. The van der Waals surface area contributed by atoms with Crippen molar-refractivity contribution in [2.45, 2.75) is 58.8 Å². The highest BCUT2D eigenvalue weighted by Gasteiger charge is 2.27. The zero-order valence-corrected chi connectivity index (χ0v) is 14.5. The highest BCUT2D eigenvalue weighted by atomic mass is 19.1. The first kappa shape index (κ1) is 16.5. The van der Waals surface area contributed by atoms with Crippen molar-refractivity contribution in [3.05, 3.63) is 35.7 Å². The van der Waals surface area contributed by atoms with Crippen molar-refractivity contribution in [3.8, 4) is 5.75 Å². The highest BCUT2D eigenvalue weighted by Crippen LogP contribution is 2.41. The Bertz CT molecular complexity index is 555. The Kier molecular flexibility index (Phi) is 5.40. The molecule has 2 aliphatic rings. The summed E-state index contributed by atoms with van der Waals surface area (Å²) < 4.78 is 19.3. The maximum atomic E-state index is 14.0. The third kappa shape index (κ3) is 3.97. The summed E-state index contributed by atoms with van der Waals surface area (Å²) >= 11 is 0. The Morgan fingerprint density at radius 3 is 2.48 bits per heavy atom. The van der Waals surface area contributed by atoms with Crippen molar-refractivity contribution in [3.63, 3.8) is 0 Å². The fourth-order valence-electron chi connectivity index (χ4n) is 4.28. The van der Waals surface area contributed by atoms with Crippen LogP contribution in [0, 0.1) is 23.6 Å². The minimum absolute atomic E-state index is 0.242. The summed E-state index contributed by atoms with van der Waals surface area (Å²) in [6, 6.07) is 5.41. The first-order valence-corrected chi connectivity index (χ1v) is 9.29. The number of hydrogen-bond donors (Lipinski definition) is 0. The van der Waals surface area contributed by atoms with E-state index in [9.17, 15) is 4.39 Å². The van der Waals surface area contributed by atoms with Crippen molar-refractivity contribution in [2.24, 2.45) is 17.8 Å². The smallest absolute Gasteiger partial charge is 0.165 e. The second-order valence-electron chi connectivity index (χ2n) is 7.36. The van der Waals surface area contributed by atoms with Crippen LogP contribution >= 0.6 is 0 Å². The molecule has 0 aromatic heterocycles. The van der Waals surface area contributed by atoms with Gasteiger partial charge in [-0.2, -0.15) is 0 Å². The van der Waals surface area contributed by atoms with Crippen LogP contribution in [0.5, 0.6) is 5.75 Å². The van der Waals surface area contributed by atoms with Crippen LogP contribution in [0.4, 0.5) is 4.39 Å². The number of ether oxygens (including phenoxy) is 1. The summed E-state index contributed by atoms with van der Waals surface area (Å²) in [6.45, 7) is 4.76. The molecule has 0 saturated heterocycles. The van der Waals surface area contributed by atoms with E-state index in [0.29, 0.717) is 12.4 Å². The van der Waals surface area contributed by atoms with Crippen molar-refractivity contribution in [1.29, 1.82) is 0 Å². The number of hydrogen-bond acceptors (Lipinski definition) is 1. The predicted octanol–water partition coefficient (Wildman–Crippen LogP) is 6.23. The van der Waals surface area contributed by atoms with Gasteiger partial charge in [-0.25, -0.2) is 4.39 Å². The quantitative estimate of drug-likeness (QED) is 0.639. The normalized spacial score (nSPS) is 28.3. The van der Waals surface area contributed by atoms with Crippen molar-refractivity contribution < 1.29 is 9.13 Å². The van der Waals surface area contributed by atoms with Crippen LogP contribution < -0.4 is 4.74 Å². The molecule has 1 aromatic rings. The van der Waals surface area contributed by atoms with Gasteiger partial charge in [0.2, 0.25) is 0 Å². The van der Waals surface area contributed by atoms with E-state index >= 15 is 0 Å². The van der Waals surface area contributed by atoms with Gasteiger partial charge >= 0.3 is 0 Å². The molecule has 0 amide bonds. The lowest BCUT2D eigenvalue weighted by atomic mass is 9.71. The molecule has 0 N–H and O–H groups in total. The lowest BCUT2D eigenvalue weighted by Crippen LogP contribution is -2.22. The summed E-state index contributed by atoms with van der Waals surface area (Å²) in [5, 5.41) is 0. The van der Waals surface area contributed by atoms with Crippen LogP contribution in [0.25, 0.3) is 5.57 Å². The van der Waals surface area contributed by atoms with E-state index in [0.717, 1.165) is 29.7 Å². The average molecular weight is 316 g/mol. The molecule has 1 nitrogen and oxygen atoms in total. The van der Waals surface area contributed by atoms with Gasteiger partial charge < -0.3 is 4.74 Å². The number of rotatable bonds is 4. The second-order valence-corrected chi connectivity index (χ2v) is 7.36. The molecule has 1 saturated carbocycles. The second kappa shape index (κ2) is 7.51. The van der Waals surface area contributed by atoms with Crippen molar-refractivity contribution >= 4 is 5.57 Å². The van der Waals surface area contributed by atoms with E-state index in [1.165, 1.54) is 44.1 Å². The molecule has 0 heterocycles. The van der Waals surface area contributed by atoms with Crippen LogP contribution in [0.2, 0.25) is 0 Å².